The van der Waals surface area contributed by atoms with Crippen molar-refractivity contribution in [1.82, 2.24) is 0 Å². The first-order chi connectivity index (χ1) is 17.1. The van der Waals surface area contributed by atoms with E-state index in [1.54, 1.807) is 55.5 Å². The van der Waals surface area contributed by atoms with Crippen LogP contribution in [0.3, 0.4) is 0 Å². The number of carbonyl (C=O) groups excluding carboxylic acids is 1. The number of phenolic OH excluding ortho intramolecular Hbond substituents is 1. The number of methoxy groups -OCH3 is 1. The fourth-order valence-electron chi connectivity index (χ4n) is 3.61. The Kier molecular flexibility index (Phi) is 6.93. The Labute approximate surface area is 211 Å². The quantitative estimate of drug-likeness (QED) is 0.196. The van der Waals surface area contributed by atoms with Gasteiger partial charge in [-0.2, -0.15) is 8.42 Å². The molecule has 11 heteroatoms. The van der Waals surface area contributed by atoms with E-state index in [4.69, 9.17) is 16.3 Å². The number of anilines is 1. The molecule has 0 spiro atoms. The molecule has 0 heterocycles. The van der Waals surface area contributed by atoms with Crippen LogP contribution in [0.4, 0.5) is 17.1 Å². The monoisotopic (exact) mass is 525 g/mol. The standard InChI is InChI=1S/C25H20ClN3O6S/c1-14-11-19(22(26)21(12-14)36(32,33)34)28-29-23-16-8-4-3-7-15(16)13-17(24(23)30)25(31)27-18-9-5-6-10-20(18)35-2/h3-13,30H,1-2H3,(H,27,31)(H,32,33,34). The zero-order valence-corrected chi connectivity index (χ0v) is 20.6. The zero-order chi connectivity index (χ0) is 26.0. The summed E-state index contributed by atoms with van der Waals surface area (Å²) in [6.45, 7) is 1.60. The highest BCUT2D eigenvalue weighted by atomic mass is 35.5. The van der Waals surface area contributed by atoms with Crippen LogP contribution in [-0.4, -0.2) is 31.1 Å². The average molecular weight is 526 g/mol. The van der Waals surface area contributed by atoms with E-state index in [9.17, 15) is 22.9 Å². The maximum Gasteiger partial charge on any atom is 0.296 e. The van der Waals surface area contributed by atoms with E-state index in [-0.39, 0.29) is 22.0 Å². The molecular weight excluding hydrogens is 506 g/mol. The number of aromatic hydroxyl groups is 1. The first-order valence-electron chi connectivity index (χ1n) is 10.5. The van der Waals surface area contributed by atoms with Gasteiger partial charge < -0.3 is 15.2 Å². The van der Waals surface area contributed by atoms with Crippen molar-refractivity contribution in [3.63, 3.8) is 0 Å². The molecule has 0 aliphatic carbocycles. The number of hydrogen-bond acceptors (Lipinski definition) is 7. The van der Waals surface area contributed by atoms with E-state index < -0.39 is 26.7 Å². The van der Waals surface area contributed by atoms with Gasteiger partial charge in [-0.25, -0.2) is 0 Å². The van der Waals surface area contributed by atoms with Crippen LogP contribution >= 0.6 is 11.6 Å². The number of azo groups is 1. The second-order valence-electron chi connectivity index (χ2n) is 7.77. The van der Waals surface area contributed by atoms with Crippen molar-refractivity contribution < 1.29 is 27.6 Å². The summed E-state index contributed by atoms with van der Waals surface area (Å²) >= 11 is 6.16. The molecule has 4 aromatic rings. The van der Waals surface area contributed by atoms with E-state index in [2.05, 4.69) is 15.5 Å². The third-order valence-corrected chi connectivity index (χ3v) is 6.68. The van der Waals surface area contributed by atoms with Crippen LogP contribution < -0.4 is 10.1 Å². The van der Waals surface area contributed by atoms with Gasteiger partial charge in [-0.1, -0.05) is 48.0 Å². The van der Waals surface area contributed by atoms with E-state index >= 15 is 0 Å². The summed E-state index contributed by atoms with van der Waals surface area (Å²) in [4.78, 5) is 12.6. The normalized spacial score (nSPS) is 11.7. The van der Waals surface area contributed by atoms with Gasteiger partial charge in [0.25, 0.3) is 16.0 Å². The number of rotatable bonds is 6. The lowest BCUT2D eigenvalue weighted by molar-refractivity contribution is 0.102. The molecule has 36 heavy (non-hydrogen) atoms. The fraction of sp³-hybridized carbons (Fsp3) is 0.0800. The van der Waals surface area contributed by atoms with Gasteiger partial charge in [-0.3, -0.25) is 9.35 Å². The molecule has 4 rings (SSSR count). The molecule has 0 bridgehead atoms. The lowest BCUT2D eigenvalue weighted by atomic mass is 10.0. The number of para-hydroxylation sites is 2. The minimum atomic E-state index is -4.60. The van der Waals surface area contributed by atoms with Gasteiger partial charge in [0.1, 0.15) is 22.0 Å². The number of phenols is 1. The molecule has 0 aromatic heterocycles. The topological polar surface area (TPSA) is 138 Å². The predicted molar refractivity (Wildman–Crippen MR) is 137 cm³/mol. The molecule has 4 aromatic carbocycles. The number of fused-ring (bicyclic) bond motifs is 1. The number of benzene rings is 4. The summed E-state index contributed by atoms with van der Waals surface area (Å²) in [7, 11) is -3.13. The van der Waals surface area contributed by atoms with Crippen molar-refractivity contribution in [1.29, 1.82) is 0 Å². The lowest BCUT2D eigenvalue weighted by Gasteiger charge is -2.13. The molecular formula is C25H20ClN3O6S. The Morgan fingerprint density at radius 3 is 2.44 bits per heavy atom. The number of aryl methyl sites for hydroxylation is 1. The van der Waals surface area contributed by atoms with Crippen LogP contribution in [0.5, 0.6) is 11.5 Å². The maximum absolute atomic E-state index is 13.1. The highest BCUT2D eigenvalue weighted by Crippen LogP contribution is 2.41. The second kappa shape index (κ2) is 9.94. The second-order valence-corrected chi connectivity index (χ2v) is 9.54. The van der Waals surface area contributed by atoms with Gasteiger partial charge in [0.15, 0.2) is 5.75 Å². The predicted octanol–water partition coefficient (Wildman–Crippen LogP) is 6.43. The van der Waals surface area contributed by atoms with E-state index in [1.165, 1.54) is 25.3 Å². The molecule has 0 saturated carbocycles. The highest BCUT2D eigenvalue weighted by molar-refractivity contribution is 7.86. The van der Waals surface area contributed by atoms with Crippen molar-refractivity contribution in [3.05, 3.63) is 82.9 Å². The zero-order valence-electron chi connectivity index (χ0n) is 19.1. The van der Waals surface area contributed by atoms with Gasteiger partial charge >= 0.3 is 0 Å². The molecule has 9 nitrogen and oxygen atoms in total. The summed E-state index contributed by atoms with van der Waals surface area (Å²) in [6.07, 6.45) is 0. The number of carbonyl (C=O) groups is 1. The Morgan fingerprint density at radius 1 is 1.03 bits per heavy atom. The first-order valence-corrected chi connectivity index (χ1v) is 12.3. The highest BCUT2D eigenvalue weighted by Gasteiger charge is 2.21. The molecule has 1 amide bonds. The summed E-state index contributed by atoms with van der Waals surface area (Å²) in [6, 6.07) is 17.9. The molecule has 0 aliphatic rings. The summed E-state index contributed by atoms with van der Waals surface area (Å²) in [5.41, 5.74) is 0.730. The number of nitrogens with zero attached hydrogens (tertiary/aromatic N) is 2. The first kappa shape index (κ1) is 25.1. The fourth-order valence-corrected chi connectivity index (χ4v) is 4.72. The smallest absolute Gasteiger partial charge is 0.296 e. The van der Waals surface area contributed by atoms with Crippen molar-refractivity contribution in [2.45, 2.75) is 11.8 Å². The molecule has 184 valence electrons. The van der Waals surface area contributed by atoms with Crippen LogP contribution in [0.1, 0.15) is 15.9 Å². The molecule has 0 fully saturated rings. The minimum absolute atomic E-state index is 0.0238. The third-order valence-electron chi connectivity index (χ3n) is 5.29. The molecule has 0 aliphatic heterocycles. The SMILES string of the molecule is COc1ccccc1NC(=O)c1cc2ccccc2c(N=Nc2cc(C)cc(S(=O)(=O)O)c2Cl)c1O. The number of halogens is 1. The van der Waals surface area contributed by atoms with Gasteiger partial charge in [-0.15, -0.1) is 10.2 Å². The van der Waals surface area contributed by atoms with Crippen LogP contribution in [0, 0.1) is 6.92 Å². The Hall–Kier alpha value is -3.99. The van der Waals surface area contributed by atoms with Crippen LogP contribution in [0.25, 0.3) is 10.8 Å². The van der Waals surface area contributed by atoms with Crippen LogP contribution in [0.15, 0.2) is 81.9 Å². The average Bonchev–Trinajstić information content (AvgIpc) is 2.84. The Bertz CT molecular complexity index is 1640. The van der Waals surface area contributed by atoms with Crippen molar-refractivity contribution in [2.75, 3.05) is 12.4 Å². The van der Waals surface area contributed by atoms with Gasteiger partial charge in [0.05, 0.1) is 23.4 Å². The maximum atomic E-state index is 13.1. The number of nitrogens with one attached hydrogen (secondary N) is 1. The van der Waals surface area contributed by atoms with Crippen LogP contribution in [0.2, 0.25) is 5.02 Å². The molecule has 0 saturated heterocycles. The summed E-state index contributed by atoms with van der Waals surface area (Å²) < 4.78 is 38.1. The number of amides is 1. The minimum Gasteiger partial charge on any atom is -0.505 e. The molecule has 3 N–H and O–H groups in total. The Balaban J connectivity index is 1.83. The molecule has 0 atom stereocenters. The van der Waals surface area contributed by atoms with Gasteiger partial charge in [-0.05, 0) is 48.2 Å². The Morgan fingerprint density at radius 2 is 1.72 bits per heavy atom. The summed E-state index contributed by atoms with van der Waals surface area (Å²) in [5, 5.41) is 22.7. The van der Waals surface area contributed by atoms with E-state index in [1.807, 2.05) is 0 Å². The van der Waals surface area contributed by atoms with E-state index in [0.29, 0.717) is 27.8 Å². The number of hydrogen-bond donors (Lipinski definition) is 3. The van der Waals surface area contributed by atoms with Crippen molar-refractivity contribution in [3.8, 4) is 11.5 Å². The molecule has 0 unspecified atom stereocenters. The third kappa shape index (κ3) is 5.01. The van der Waals surface area contributed by atoms with E-state index in [0.717, 1.165) is 0 Å². The largest absolute Gasteiger partial charge is 0.505 e. The van der Waals surface area contributed by atoms with Gasteiger partial charge in [0.2, 0.25) is 0 Å². The van der Waals surface area contributed by atoms with Crippen molar-refractivity contribution in [2.24, 2.45) is 10.2 Å². The summed E-state index contributed by atoms with van der Waals surface area (Å²) in [5.74, 6) is -0.611. The van der Waals surface area contributed by atoms with Crippen molar-refractivity contribution >= 4 is 55.5 Å². The number of ether oxygens (including phenoxy) is 1. The van der Waals surface area contributed by atoms with Gasteiger partial charge in [0, 0.05) is 5.39 Å². The van der Waals surface area contributed by atoms with Crippen LogP contribution in [-0.2, 0) is 10.1 Å². The lowest BCUT2D eigenvalue weighted by Crippen LogP contribution is -2.13. The molecule has 0 radical (unpaired) electrons.